The van der Waals surface area contributed by atoms with Crippen LogP contribution in [0.25, 0.3) is 11.3 Å². The first-order valence-electron chi connectivity index (χ1n) is 19.6. The van der Waals surface area contributed by atoms with Crippen molar-refractivity contribution in [3.63, 3.8) is 0 Å². The molecule has 296 valence electrons. The molecule has 0 radical (unpaired) electrons. The number of aryl methyl sites for hydroxylation is 1. The molecule has 13 heteroatoms. The SMILES string of the molecule is COc1ccc(CN(Cc2ccc(OC)cc2)c2ncc(-c3nc(N4CCOCC4)nc4c3CCN4c3cc(C(=O)NCCc4cccnc4)ccc3C)cn2)cc1. The lowest BCUT2D eigenvalue weighted by atomic mass is 10.1. The van der Waals surface area contributed by atoms with Gasteiger partial charge in [0.25, 0.3) is 5.91 Å². The van der Waals surface area contributed by atoms with Gasteiger partial charge >= 0.3 is 0 Å². The second-order valence-electron chi connectivity index (χ2n) is 14.4. The molecule has 0 spiro atoms. The molecule has 0 atom stereocenters. The quantitative estimate of drug-likeness (QED) is 0.132. The molecule has 58 heavy (non-hydrogen) atoms. The maximum absolute atomic E-state index is 13.4. The number of aromatic nitrogens is 5. The average Bonchev–Trinajstić information content (AvgIpc) is 3.71. The van der Waals surface area contributed by atoms with E-state index in [2.05, 4.69) is 56.2 Å². The van der Waals surface area contributed by atoms with E-state index in [9.17, 15) is 4.79 Å². The molecule has 1 saturated heterocycles. The van der Waals surface area contributed by atoms with E-state index in [1.807, 2.05) is 73.2 Å². The number of benzene rings is 3. The number of pyridine rings is 1. The number of morpholine rings is 1. The molecule has 13 nitrogen and oxygen atoms in total. The maximum atomic E-state index is 13.4. The number of carbonyl (C=O) groups excluding carboxylic acids is 1. The first-order valence-corrected chi connectivity index (χ1v) is 19.6. The predicted molar refractivity (Wildman–Crippen MR) is 224 cm³/mol. The van der Waals surface area contributed by atoms with E-state index in [0.29, 0.717) is 76.4 Å². The third kappa shape index (κ3) is 8.69. The van der Waals surface area contributed by atoms with Crippen molar-refractivity contribution < 1.29 is 19.0 Å². The highest BCUT2D eigenvalue weighted by atomic mass is 16.5. The van der Waals surface area contributed by atoms with E-state index in [4.69, 9.17) is 34.1 Å². The number of anilines is 4. The maximum Gasteiger partial charge on any atom is 0.251 e. The van der Waals surface area contributed by atoms with Crippen LogP contribution in [-0.2, 0) is 30.7 Å². The zero-order chi connectivity index (χ0) is 39.8. The summed E-state index contributed by atoms with van der Waals surface area (Å²) >= 11 is 0. The van der Waals surface area contributed by atoms with E-state index in [0.717, 1.165) is 68.5 Å². The summed E-state index contributed by atoms with van der Waals surface area (Å²) in [6, 6.07) is 25.9. The van der Waals surface area contributed by atoms with E-state index >= 15 is 0 Å². The van der Waals surface area contributed by atoms with Gasteiger partial charge in [-0.2, -0.15) is 4.98 Å². The van der Waals surface area contributed by atoms with Gasteiger partial charge in [-0.25, -0.2) is 15.0 Å². The molecule has 1 amide bonds. The number of fused-ring (bicyclic) bond motifs is 1. The average molecular weight is 778 g/mol. The summed E-state index contributed by atoms with van der Waals surface area (Å²) in [6.07, 6.45) is 8.74. The molecule has 3 aromatic heterocycles. The number of rotatable bonds is 14. The number of carbonyl (C=O) groups is 1. The number of hydrogen-bond donors (Lipinski definition) is 1. The number of amides is 1. The molecule has 2 aliphatic heterocycles. The summed E-state index contributed by atoms with van der Waals surface area (Å²) < 4.78 is 16.5. The highest BCUT2D eigenvalue weighted by molar-refractivity contribution is 5.96. The van der Waals surface area contributed by atoms with Crippen LogP contribution < -0.4 is 29.5 Å². The number of hydrogen-bond acceptors (Lipinski definition) is 12. The summed E-state index contributed by atoms with van der Waals surface area (Å²) in [4.78, 5) is 44.4. The van der Waals surface area contributed by atoms with Gasteiger partial charge in [0.05, 0.1) is 33.1 Å². The Hall–Kier alpha value is -6.60. The second kappa shape index (κ2) is 17.7. The third-order valence-electron chi connectivity index (χ3n) is 10.6. The zero-order valence-corrected chi connectivity index (χ0v) is 33.1. The van der Waals surface area contributed by atoms with Crippen molar-refractivity contribution in [3.05, 3.63) is 137 Å². The van der Waals surface area contributed by atoms with E-state index in [1.54, 1.807) is 20.4 Å². The van der Waals surface area contributed by atoms with Crippen molar-refractivity contribution in [3.8, 4) is 22.8 Å². The standard InChI is InChI=1S/C45H47N9O4/c1-31-6-11-35(43(55)47-19-16-32-5-4-18-46-26-32)25-40(31)54-20-17-39-41(50-45(51-42(39)54)52-21-23-58-24-22-52)36-27-48-44(49-28-36)53(29-33-7-12-37(56-2)13-8-33)30-34-9-14-38(57-3)15-10-34/h4-15,18,25-28H,16-17,19-24,29-30H2,1-3H3,(H,47,55). The molecule has 1 fully saturated rings. The molecule has 0 unspecified atom stereocenters. The Kier molecular flexibility index (Phi) is 11.7. The van der Waals surface area contributed by atoms with Crippen LogP contribution in [0.4, 0.5) is 23.4 Å². The molecule has 8 rings (SSSR count). The Morgan fingerprint density at radius 3 is 2.16 bits per heavy atom. The van der Waals surface area contributed by atoms with E-state index in [-0.39, 0.29) is 5.91 Å². The highest BCUT2D eigenvalue weighted by Crippen LogP contribution is 2.40. The molecule has 6 aromatic rings. The van der Waals surface area contributed by atoms with Crippen LogP contribution in [0.5, 0.6) is 11.5 Å². The van der Waals surface area contributed by atoms with Crippen LogP contribution in [0, 0.1) is 6.92 Å². The molecule has 5 heterocycles. The molecule has 0 bridgehead atoms. The zero-order valence-electron chi connectivity index (χ0n) is 33.1. The van der Waals surface area contributed by atoms with Crippen molar-refractivity contribution in [2.24, 2.45) is 0 Å². The Morgan fingerprint density at radius 2 is 1.52 bits per heavy atom. The van der Waals surface area contributed by atoms with Crippen molar-refractivity contribution in [2.75, 3.05) is 68.3 Å². The number of nitrogens with one attached hydrogen (secondary N) is 1. The Labute approximate surface area is 338 Å². The lowest BCUT2D eigenvalue weighted by Gasteiger charge is -2.29. The van der Waals surface area contributed by atoms with E-state index < -0.39 is 0 Å². The topological polar surface area (TPSA) is 131 Å². The first-order chi connectivity index (χ1) is 28.4. The van der Waals surface area contributed by atoms with Gasteiger partial charge < -0.3 is 34.2 Å². The fourth-order valence-electron chi connectivity index (χ4n) is 7.34. The van der Waals surface area contributed by atoms with Gasteiger partial charge in [-0.15, -0.1) is 0 Å². The van der Waals surface area contributed by atoms with Crippen LogP contribution >= 0.6 is 0 Å². The second-order valence-corrected chi connectivity index (χ2v) is 14.4. The van der Waals surface area contributed by atoms with Gasteiger partial charge in [0.15, 0.2) is 0 Å². The summed E-state index contributed by atoms with van der Waals surface area (Å²) in [5, 5.41) is 3.08. The summed E-state index contributed by atoms with van der Waals surface area (Å²) in [5.41, 5.74) is 8.51. The minimum Gasteiger partial charge on any atom is -0.497 e. The van der Waals surface area contributed by atoms with Gasteiger partial charge in [0, 0.05) is 86.4 Å². The molecule has 0 aliphatic carbocycles. The van der Waals surface area contributed by atoms with Crippen LogP contribution in [-0.4, -0.2) is 84.4 Å². The summed E-state index contributed by atoms with van der Waals surface area (Å²) in [7, 11) is 3.34. The van der Waals surface area contributed by atoms with Crippen molar-refractivity contribution in [1.29, 1.82) is 0 Å². The Morgan fingerprint density at radius 1 is 0.828 bits per heavy atom. The normalized spacial score (nSPS) is 13.6. The van der Waals surface area contributed by atoms with Crippen molar-refractivity contribution >= 4 is 29.3 Å². The lowest BCUT2D eigenvalue weighted by molar-refractivity contribution is 0.0954. The van der Waals surface area contributed by atoms with E-state index in [1.165, 1.54) is 0 Å². The number of ether oxygens (including phenoxy) is 3. The summed E-state index contributed by atoms with van der Waals surface area (Å²) in [5.74, 6) is 3.55. The third-order valence-corrected chi connectivity index (χ3v) is 10.6. The van der Waals surface area contributed by atoms with Crippen molar-refractivity contribution in [1.82, 2.24) is 30.2 Å². The molecular formula is C45H47N9O4. The van der Waals surface area contributed by atoms with Gasteiger partial charge in [-0.3, -0.25) is 9.78 Å². The monoisotopic (exact) mass is 777 g/mol. The van der Waals surface area contributed by atoms with Gasteiger partial charge in [-0.05, 0) is 84.5 Å². The minimum atomic E-state index is -0.118. The van der Waals surface area contributed by atoms with Gasteiger partial charge in [0.1, 0.15) is 17.3 Å². The Balaban J connectivity index is 1.10. The molecule has 0 saturated carbocycles. The van der Waals surface area contributed by atoms with Crippen LogP contribution in [0.15, 0.2) is 104 Å². The van der Waals surface area contributed by atoms with Crippen LogP contribution in [0.1, 0.15) is 38.2 Å². The predicted octanol–water partition coefficient (Wildman–Crippen LogP) is 6.36. The van der Waals surface area contributed by atoms with Gasteiger partial charge in [0.2, 0.25) is 11.9 Å². The fraction of sp³-hybridized carbons (Fsp3) is 0.289. The van der Waals surface area contributed by atoms with Gasteiger partial charge in [-0.1, -0.05) is 36.4 Å². The molecule has 3 aromatic carbocycles. The molecule has 1 N–H and O–H groups in total. The van der Waals surface area contributed by atoms with Crippen LogP contribution in [0.2, 0.25) is 0 Å². The highest BCUT2D eigenvalue weighted by Gasteiger charge is 2.30. The van der Waals surface area contributed by atoms with Crippen LogP contribution in [0.3, 0.4) is 0 Å². The minimum absolute atomic E-state index is 0.118. The molecular weight excluding hydrogens is 731 g/mol. The number of nitrogens with zero attached hydrogens (tertiary/aromatic N) is 8. The van der Waals surface area contributed by atoms with Crippen molar-refractivity contribution in [2.45, 2.75) is 32.9 Å². The smallest absolute Gasteiger partial charge is 0.251 e. The number of methoxy groups -OCH3 is 2. The molecule has 2 aliphatic rings. The fourth-order valence-corrected chi connectivity index (χ4v) is 7.34. The Bertz CT molecular complexity index is 2270. The summed E-state index contributed by atoms with van der Waals surface area (Å²) in [6.45, 7) is 7.04. The first kappa shape index (κ1) is 38.3. The lowest BCUT2D eigenvalue weighted by Crippen LogP contribution is -2.37. The largest absolute Gasteiger partial charge is 0.497 e.